The molecule has 0 saturated carbocycles. The number of piperazine rings is 1. The molecule has 11 nitrogen and oxygen atoms in total. The molecule has 0 spiro atoms. The van der Waals surface area contributed by atoms with Crippen molar-refractivity contribution in [3.63, 3.8) is 0 Å². The molecule has 9 rings (SSSR count). The lowest BCUT2D eigenvalue weighted by molar-refractivity contribution is -0.152. The highest BCUT2D eigenvalue weighted by Gasteiger charge is 2.64. The average Bonchev–Trinajstić information content (AvgIpc) is 3.82. The van der Waals surface area contributed by atoms with Gasteiger partial charge in [0.1, 0.15) is 6.04 Å². The van der Waals surface area contributed by atoms with E-state index in [2.05, 4.69) is 77.4 Å². The summed E-state index contributed by atoms with van der Waals surface area (Å²) in [6.07, 6.45) is 0.446. The van der Waals surface area contributed by atoms with E-state index in [0.29, 0.717) is 46.5 Å². The average molecular weight is 792 g/mol. The number of ether oxygens (including phenoxy) is 6. The number of aryl methyl sites for hydroxylation is 1. The van der Waals surface area contributed by atoms with Crippen molar-refractivity contribution in [2.45, 2.75) is 81.4 Å². The minimum absolute atomic E-state index is 0.0101. The molecule has 4 aliphatic heterocycles. The quantitative estimate of drug-likeness (QED) is 0.228. The highest BCUT2D eigenvalue weighted by atomic mass is 32.2. The largest absolute Gasteiger partial charge is 0.493 e. The van der Waals surface area contributed by atoms with Crippen LogP contribution in [-0.2, 0) is 30.2 Å². The van der Waals surface area contributed by atoms with E-state index >= 15 is 0 Å². The number of thioether (sulfide) groups is 1. The van der Waals surface area contributed by atoms with E-state index in [1.807, 2.05) is 25.7 Å². The molecule has 3 fully saturated rings. The normalized spacial score (nSPS) is 28.0. The number of nitriles is 1. The molecule has 7 atom stereocenters. The minimum atomic E-state index is -1.92. The molecule has 0 amide bonds. The van der Waals surface area contributed by atoms with Crippen molar-refractivity contribution in [2.24, 2.45) is 0 Å². The smallest absolute Gasteiger partial charge is 0.231 e. The molecule has 3 saturated heterocycles. The first-order valence-electron chi connectivity index (χ1n) is 19.7. The van der Waals surface area contributed by atoms with Gasteiger partial charge in [0.05, 0.1) is 38.0 Å². The number of ketones is 1. The predicted molar refractivity (Wildman–Crippen MR) is 215 cm³/mol. The number of hydrogen-bond acceptors (Lipinski definition) is 12. The topological polar surface area (TPSA) is 123 Å². The molecule has 2 aliphatic carbocycles. The lowest BCUT2D eigenvalue weighted by Crippen LogP contribution is -2.74. The number of carbonyl (C=O) groups is 1. The second kappa shape index (κ2) is 14.8. The third-order valence-electron chi connectivity index (χ3n) is 13.0. The zero-order chi connectivity index (χ0) is 39.7. The van der Waals surface area contributed by atoms with Gasteiger partial charge in [-0.2, -0.15) is 17.0 Å². The molecule has 2 bridgehead atoms. The predicted octanol–water partition coefficient (Wildman–Crippen LogP) is 6.03. The molecule has 1 N–H and O–H groups in total. The molecule has 3 aromatic rings. The standard InChI is InChI=1S/C45H49N3O8S/c1-24-15-27-16-33-35(18-46)48-34(39(47(33)4)37(27)42(40(24)52-6)54-22-51-5)17-45(50)38(43-41(55-23-56-43)26(3)44(45)49)36(48)19-53-25(2)20-57-21-32-30-13-9-7-11-28(30)29-12-8-10-14-31(29)32/h7-15,25,32-36,39,50H,16-17,19-23H2,1-6H3/t25?,33-,34?,35+,36+,39+,45?/m1/s1. The number of carbonyl (C=O) groups excluding carboxylic acids is 1. The van der Waals surface area contributed by atoms with Crippen molar-refractivity contribution < 1.29 is 38.3 Å². The zero-order valence-electron chi connectivity index (χ0n) is 33.2. The van der Waals surface area contributed by atoms with Gasteiger partial charge in [0, 0.05) is 59.7 Å². The van der Waals surface area contributed by atoms with E-state index < -0.39 is 29.5 Å². The third-order valence-corrected chi connectivity index (χ3v) is 14.3. The molecule has 3 unspecified atom stereocenters. The minimum Gasteiger partial charge on any atom is -0.493 e. The van der Waals surface area contributed by atoms with Gasteiger partial charge in [-0.05, 0) is 67.6 Å². The van der Waals surface area contributed by atoms with Gasteiger partial charge in [-0.1, -0.05) is 54.6 Å². The fourth-order valence-electron chi connectivity index (χ4n) is 10.6. The molecule has 0 aromatic heterocycles. The number of piperidine rings is 1. The van der Waals surface area contributed by atoms with E-state index in [1.54, 1.807) is 21.1 Å². The fourth-order valence-corrected chi connectivity index (χ4v) is 11.8. The Morgan fingerprint density at radius 2 is 1.74 bits per heavy atom. The van der Waals surface area contributed by atoms with Gasteiger partial charge in [0.25, 0.3) is 0 Å². The molecule has 298 valence electrons. The van der Waals surface area contributed by atoms with Gasteiger partial charge in [0.2, 0.25) is 6.79 Å². The number of benzene rings is 3. The number of hydrogen-bond donors (Lipinski definition) is 1. The maximum Gasteiger partial charge on any atom is 0.231 e. The lowest BCUT2D eigenvalue weighted by Gasteiger charge is -2.62. The Hall–Kier alpha value is -4.35. The highest BCUT2D eigenvalue weighted by Crippen LogP contribution is 2.57. The molecule has 6 aliphatic rings. The van der Waals surface area contributed by atoms with Crippen LogP contribution in [0.2, 0.25) is 0 Å². The second-order valence-corrected chi connectivity index (χ2v) is 17.1. The maximum absolute atomic E-state index is 14.4. The van der Waals surface area contributed by atoms with Crippen LogP contribution in [0.15, 0.2) is 77.3 Å². The summed E-state index contributed by atoms with van der Waals surface area (Å²) in [6.45, 7) is 5.81. The number of nitrogens with zero attached hydrogens (tertiary/aromatic N) is 3. The molecule has 4 heterocycles. The van der Waals surface area contributed by atoms with Gasteiger partial charge in [0.15, 0.2) is 41.2 Å². The number of methoxy groups -OCH3 is 2. The van der Waals surface area contributed by atoms with Crippen LogP contribution >= 0.6 is 11.8 Å². The van der Waals surface area contributed by atoms with Crippen LogP contribution in [0, 0.1) is 18.3 Å². The van der Waals surface area contributed by atoms with Crippen molar-refractivity contribution in [3.05, 3.63) is 105 Å². The second-order valence-electron chi connectivity index (χ2n) is 16.1. The van der Waals surface area contributed by atoms with Crippen LogP contribution in [0.25, 0.3) is 11.1 Å². The van der Waals surface area contributed by atoms with Gasteiger partial charge < -0.3 is 33.5 Å². The van der Waals surface area contributed by atoms with E-state index in [4.69, 9.17) is 28.4 Å². The van der Waals surface area contributed by atoms with Crippen molar-refractivity contribution in [3.8, 4) is 28.7 Å². The monoisotopic (exact) mass is 791 g/mol. The number of Topliss-reactive ketones (excluding diaryl/α,β-unsaturated/α-hetero) is 1. The Bertz CT molecular complexity index is 2190. The zero-order valence-corrected chi connectivity index (χ0v) is 34.1. The fraction of sp³-hybridized carbons (Fsp3) is 0.467. The van der Waals surface area contributed by atoms with Crippen molar-refractivity contribution in [2.75, 3.05) is 53.0 Å². The summed E-state index contributed by atoms with van der Waals surface area (Å²) < 4.78 is 36.3. The lowest BCUT2D eigenvalue weighted by atomic mass is 9.65. The first-order valence-corrected chi connectivity index (χ1v) is 20.9. The highest BCUT2D eigenvalue weighted by molar-refractivity contribution is 7.99. The van der Waals surface area contributed by atoms with Gasteiger partial charge in [-0.25, -0.2) is 0 Å². The molecule has 12 heteroatoms. The van der Waals surface area contributed by atoms with Gasteiger partial charge in [-0.15, -0.1) is 0 Å². The maximum atomic E-state index is 14.4. The van der Waals surface area contributed by atoms with Crippen LogP contribution < -0.4 is 9.47 Å². The van der Waals surface area contributed by atoms with Crippen LogP contribution in [-0.4, -0.2) is 110 Å². The summed E-state index contributed by atoms with van der Waals surface area (Å²) in [5.74, 6) is 3.43. The summed E-state index contributed by atoms with van der Waals surface area (Å²) in [5.41, 5.74) is 7.02. The van der Waals surface area contributed by atoms with Crippen LogP contribution in [0.1, 0.15) is 60.0 Å². The Labute approximate surface area is 338 Å². The summed E-state index contributed by atoms with van der Waals surface area (Å²) in [6, 6.07) is 19.8. The van der Waals surface area contributed by atoms with Gasteiger partial charge in [-0.3, -0.25) is 14.6 Å². The first kappa shape index (κ1) is 38.2. The Morgan fingerprint density at radius 1 is 1.04 bits per heavy atom. The van der Waals surface area contributed by atoms with E-state index in [-0.39, 0.29) is 44.8 Å². The third kappa shape index (κ3) is 5.84. The molecular formula is C45H49N3O8S. The van der Waals surface area contributed by atoms with E-state index in [1.165, 1.54) is 22.3 Å². The van der Waals surface area contributed by atoms with Gasteiger partial charge >= 0.3 is 0 Å². The number of rotatable bonds is 11. The Morgan fingerprint density at radius 3 is 2.42 bits per heavy atom. The Kier molecular flexibility index (Phi) is 9.91. The van der Waals surface area contributed by atoms with Crippen molar-refractivity contribution in [1.29, 1.82) is 5.26 Å². The summed E-state index contributed by atoms with van der Waals surface area (Å²) in [4.78, 5) is 18.9. The first-order chi connectivity index (χ1) is 27.6. The number of fused-ring (bicyclic) bond motifs is 11. The SMILES string of the molecule is COCOc1c(OC)c(C)cc2c1[C@@H]1C3CC4(O)C(=O)C(C)=C5OCOC5=C4[C@H](COC(C)CSCC4c5ccccc5-c5ccccc54)N3[C@@H](C#N)[C@@H](C2)N1C. The molecular weight excluding hydrogens is 743 g/mol. The van der Waals surface area contributed by atoms with E-state index in [9.17, 15) is 15.2 Å². The van der Waals surface area contributed by atoms with Crippen LogP contribution in [0.3, 0.4) is 0 Å². The van der Waals surface area contributed by atoms with Crippen LogP contribution in [0.4, 0.5) is 0 Å². The summed E-state index contributed by atoms with van der Waals surface area (Å²) >= 11 is 1.86. The summed E-state index contributed by atoms with van der Waals surface area (Å²) in [5, 5.41) is 24.0. The van der Waals surface area contributed by atoms with Crippen molar-refractivity contribution in [1.82, 2.24) is 9.80 Å². The Balaban J connectivity index is 1.06. The number of aliphatic hydroxyl groups is 1. The van der Waals surface area contributed by atoms with Crippen molar-refractivity contribution >= 4 is 17.5 Å². The number of likely N-dealkylation sites (N-methyl/N-ethyl adjacent to an activating group) is 1. The molecule has 3 aromatic carbocycles. The van der Waals surface area contributed by atoms with E-state index in [0.717, 1.165) is 28.2 Å². The molecule has 57 heavy (non-hydrogen) atoms. The van der Waals surface area contributed by atoms with Crippen LogP contribution in [0.5, 0.6) is 11.5 Å². The molecule has 0 radical (unpaired) electrons. The summed E-state index contributed by atoms with van der Waals surface area (Å²) in [7, 11) is 5.23.